The average Bonchev–Trinajstić information content (AvgIpc) is 2.97. The van der Waals surface area contributed by atoms with Crippen LogP contribution in [0.2, 0.25) is 0 Å². The highest BCUT2D eigenvalue weighted by molar-refractivity contribution is 6.13. The number of aryl methyl sites for hydroxylation is 1. The number of hydrogen-bond donors (Lipinski definition) is 3. The van der Waals surface area contributed by atoms with E-state index in [2.05, 4.69) is 27.6 Å². The quantitative estimate of drug-likeness (QED) is 0.550. The van der Waals surface area contributed by atoms with Crippen molar-refractivity contribution in [2.75, 3.05) is 30.8 Å². The molecule has 2 heterocycles. The Morgan fingerprint density at radius 3 is 2.50 bits per heavy atom. The fraction of sp³-hybridized carbons (Fsp3) is 0.240. The van der Waals surface area contributed by atoms with Gasteiger partial charge in [0.05, 0.1) is 11.3 Å². The zero-order chi connectivity index (χ0) is 22.7. The summed E-state index contributed by atoms with van der Waals surface area (Å²) in [5.74, 6) is -0.650. The third kappa shape index (κ3) is 4.78. The molecule has 0 radical (unpaired) electrons. The van der Waals surface area contributed by atoms with Gasteiger partial charge in [0.1, 0.15) is 11.6 Å². The van der Waals surface area contributed by atoms with Gasteiger partial charge in [-0.25, -0.2) is 4.98 Å². The number of fused-ring (bicyclic) bond motifs is 1. The molecule has 1 aliphatic heterocycles. The molecule has 0 saturated carbocycles. The number of aromatic hydroxyl groups is 1. The first-order valence-corrected chi connectivity index (χ1v) is 10.6. The van der Waals surface area contributed by atoms with Gasteiger partial charge in [-0.1, -0.05) is 18.2 Å². The Hall–Kier alpha value is -3.71. The van der Waals surface area contributed by atoms with E-state index >= 15 is 0 Å². The van der Waals surface area contributed by atoms with Crippen molar-refractivity contribution in [3.63, 3.8) is 0 Å². The lowest BCUT2D eigenvalue weighted by Gasteiger charge is -2.14. The van der Waals surface area contributed by atoms with Crippen LogP contribution in [0.1, 0.15) is 37.4 Å². The first-order chi connectivity index (χ1) is 15.4. The van der Waals surface area contributed by atoms with Crippen molar-refractivity contribution in [2.24, 2.45) is 0 Å². The number of anilines is 2. The molecular weight excluding hydrogens is 404 g/mol. The van der Waals surface area contributed by atoms with E-state index in [1.165, 1.54) is 11.6 Å². The van der Waals surface area contributed by atoms with E-state index in [9.17, 15) is 14.7 Å². The van der Waals surface area contributed by atoms with E-state index in [4.69, 9.17) is 0 Å². The Morgan fingerprint density at radius 2 is 1.75 bits per heavy atom. The summed E-state index contributed by atoms with van der Waals surface area (Å²) in [6.45, 7) is 3.84. The smallest absolute Gasteiger partial charge is 0.259 e. The lowest BCUT2D eigenvalue weighted by atomic mass is 9.99. The van der Waals surface area contributed by atoms with Crippen molar-refractivity contribution in [3.8, 4) is 5.75 Å². The zero-order valence-electron chi connectivity index (χ0n) is 18.2. The number of nitrogens with zero attached hydrogens (tertiary/aromatic N) is 2. The molecule has 2 aromatic carbocycles. The molecule has 3 aromatic rings. The Kier molecular flexibility index (Phi) is 6.18. The van der Waals surface area contributed by atoms with Gasteiger partial charge in [0, 0.05) is 24.8 Å². The second-order valence-corrected chi connectivity index (χ2v) is 8.12. The van der Waals surface area contributed by atoms with Gasteiger partial charge in [0.25, 0.3) is 11.8 Å². The minimum absolute atomic E-state index is 0.0665. The van der Waals surface area contributed by atoms with Crippen LogP contribution in [0, 0.1) is 6.92 Å². The average molecular weight is 431 g/mol. The predicted molar refractivity (Wildman–Crippen MR) is 124 cm³/mol. The molecule has 7 nitrogen and oxygen atoms in total. The lowest BCUT2D eigenvalue weighted by Crippen LogP contribution is -2.20. The van der Waals surface area contributed by atoms with Gasteiger partial charge in [-0.05, 0) is 73.8 Å². The number of phenols is 1. The van der Waals surface area contributed by atoms with E-state index < -0.39 is 5.91 Å². The second-order valence-electron chi connectivity index (χ2n) is 8.12. The van der Waals surface area contributed by atoms with Crippen molar-refractivity contribution in [1.82, 2.24) is 9.88 Å². The molecule has 0 bridgehead atoms. The lowest BCUT2D eigenvalue weighted by molar-refractivity contribution is 0.102. The van der Waals surface area contributed by atoms with Crippen molar-refractivity contribution in [2.45, 2.75) is 19.8 Å². The maximum Gasteiger partial charge on any atom is 0.259 e. The van der Waals surface area contributed by atoms with Crippen LogP contribution in [0.15, 0.2) is 54.7 Å². The summed E-state index contributed by atoms with van der Waals surface area (Å²) in [5, 5.41) is 15.8. The molecule has 32 heavy (non-hydrogen) atoms. The Morgan fingerprint density at radius 1 is 0.969 bits per heavy atom. The van der Waals surface area contributed by atoms with Gasteiger partial charge in [-0.15, -0.1) is 0 Å². The molecule has 0 unspecified atom stereocenters. The number of carbonyl (C=O) groups excluding carboxylic acids is 2. The minimum Gasteiger partial charge on any atom is -0.506 e. The molecule has 0 spiro atoms. The van der Waals surface area contributed by atoms with Gasteiger partial charge in [0.2, 0.25) is 0 Å². The standard InChI is InChI=1S/C25H26N4O3/c1-16-6-9-22(26-15-16)27-25(32)20-4-3-5-21(30)23(20)28-24(31)19-8-7-17-10-12-29(2)13-11-18(17)14-19/h3-9,14-15,30H,10-13H2,1-2H3,(H,28,31)(H,26,27,32). The monoisotopic (exact) mass is 430 g/mol. The van der Waals surface area contributed by atoms with E-state index in [-0.39, 0.29) is 22.9 Å². The first-order valence-electron chi connectivity index (χ1n) is 10.6. The second kappa shape index (κ2) is 9.20. The third-order valence-corrected chi connectivity index (χ3v) is 5.67. The molecule has 1 aliphatic rings. The zero-order valence-corrected chi connectivity index (χ0v) is 18.2. The highest BCUT2D eigenvalue weighted by atomic mass is 16.3. The SMILES string of the molecule is Cc1ccc(NC(=O)c2cccc(O)c2NC(=O)c2ccc3c(c2)CCN(C)CC3)nc1. The first kappa shape index (κ1) is 21.5. The number of carbonyl (C=O) groups is 2. The summed E-state index contributed by atoms with van der Waals surface area (Å²) in [7, 11) is 2.09. The molecule has 3 N–H and O–H groups in total. The molecule has 0 atom stereocenters. The van der Waals surface area contributed by atoms with E-state index in [0.29, 0.717) is 11.4 Å². The Balaban J connectivity index is 1.56. The van der Waals surface area contributed by atoms with Crippen molar-refractivity contribution in [1.29, 1.82) is 0 Å². The summed E-state index contributed by atoms with van der Waals surface area (Å²) < 4.78 is 0. The normalized spacial score (nSPS) is 13.7. The number of aromatic nitrogens is 1. The number of para-hydroxylation sites is 1. The Bertz CT molecular complexity index is 1160. The summed E-state index contributed by atoms with van der Waals surface area (Å²) in [4.78, 5) is 32.3. The van der Waals surface area contributed by atoms with Crippen LogP contribution in [0.3, 0.4) is 0 Å². The van der Waals surface area contributed by atoms with Gasteiger partial charge in [0.15, 0.2) is 0 Å². The number of pyridine rings is 1. The van der Waals surface area contributed by atoms with Crippen LogP contribution in [0.4, 0.5) is 11.5 Å². The highest BCUT2D eigenvalue weighted by Gasteiger charge is 2.19. The molecular formula is C25H26N4O3. The van der Waals surface area contributed by atoms with Gasteiger partial charge in [-0.3, -0.25) is 9.59 Å². The summed E-state index contributed by atoms with van der Waals surface area (Å²) in [6, 6.07) is 13.8. The number of likely N-dealkylation sites (N-methyl/N-ethyl adjacent to an activating group) is 1. The molecule has 2 amide bonds. The minimum atomic E-state index is -0.475. The number of rotatable bonds is 4. The summed E-state index contributed by atoms with van der Waals surface area (Å²) in [6.07, 6.45) is 3.47. The van der Waals surface area contributed by atoms with Crippen LogP contribution in [-0.4, -0.2) is 46.9 Å². The topological polar surface area (TPSA) is 94.6 Å². The number of amides is 2. The number of hydrogen-bond acceptors (Lipinski definition) is 5. The molecule has 164 valence electrons. The molecule has 1 aromatic heterocycles. The van der Waals surface area contributed by atoms with Gasteiger partial charge in [-0.2, -0.15) is 0 Å². The fourth-order valence-corrected chi connectivity index (χ4v) is 3.75. The predicted octanol–water partition coefficient (Wildman–Crippen LogP) is 3.63. The molecule has 4 rings (SSSR count). The van der Waals surface area contributed by atoms with Gasteiger partial charge >= 0.3 is 0 Å². The number of benzene rings is 2. The molecule has 0 saturated heterocycles. The largest absolute Gasteiger partial charge is 0.506 e. The highest BCUT2D eigenvalue weighted by Crippen LogP contribution is 2.29. The van der Waals surface area contributed by atoms with Gasteiger partial charge < -0.3 is 20.6 Å². The third-order valence-electron chi connectivity index (χ3n) is 5.67. The number of nitrogens with one attached hydrogen (secondary N) is 2. The van der Waals surface area contributed by atoms with Crippen molar-refractivity contribution < 1.29 is 14.7 Å². The van der Waals surface area contributed by atoms with E-state index in [1.54, 1.807) is 30.5 Å². The van der Waals surface area contributed by atoms with Crippen molar-refractivity contribution >= 4 is 23.3 Å². The van der Waals surface area contributed by atoms with E-state index in [0.717, 1.165) is 37.1 Å². The maximum atomic E-state index is 13.0. The number of phenolic OH excluding ortho intramolecular Hbond substituents is 1. The van der Waals surface area contributed by atoms with E-state index in [1.807, 2.05) is 25.1 Å². The van der Waals surface area contributed by atoms with Crippen LogP contribution in [0.5, 0.6) is 5.75 Å². The molecule has 0 aliphatic carbocycles. The Labute approximate surface area is 187 Å². The van der Waals surface area contributed by atoms with Crippen molar-refractivity contribution in [3.05, 3.63) is 82.5 Å². The summed E-state index contributed by atoms with van der Waals surface area (Å²) in [5.41, 5.74) is 4.08. The van der Waals surface area contributed by atoms with Crippen LogP contribution in [0.25, 0.3) is 0 Å². The van der Waals surface area contributed by atoms with Crippen LogP contribution >= 0.6 is 0 Å². The van der Waals surface area contributed by atoms with Crippen LogP contribution < -0.4 is 10.6 Å². The maximum absolute atomic E-state index is 13.0. The summed E-state index contributed by atoms with van der Waals surface area (Å²) >= 11 is 0. The fourth-order valence-electron chi connectivity index (χ4n) is 3.75. The molecule has 0 fully saturated rings. The molecule has 7 heteroatoms. The van der Waals surface area contributed by atoms with Crippen LogP contribution in [-0.2, 0) is 12.8 Å².